The summed E-state index contributed by atoms with van der Waals surface area (Å²) < 4.78 is 5.75. The molecule has 1 aromatic heterocycles. The minimum atomic E-state index is -0.483. The number of rotatable bonds is 2. The summed E-state index contributed by atoms with van der Waals surface area (Å²) in [6, 6.07) is 18.2. The van der Waals surface area contributed by atoms with Gasteiger partial charge >= 0.3 is 5.63 Å². The maximum Gasteiger partial charge on any atom is 0.343 e. The number of para-hydroxylation sites is 2. The number of fused-ring (bicyclic) bond motifs is 1. The minimum absolute atomic E-state index is 0.242. The standard InChI is InChI=1S/C19H11NO3S2/c21-17-16(25-19(24)20(17)14-7-2-1-3-8-14)11-13-10-12-6-4-5-9-15(12)23-18(13)22/h1-11H/b16-11+. The molecule has 0 aliphatic carbocycles. The summed E-state index contributed by atoms with van der Waals surface area (Å²) in [4.78, 5) is 26.8. The second-order valence-corrected chi connectivity index (χ2v) is 7.06. The van der Waals surface area contributed by atoms with Gasteiger partial charge in [0.1, 0.15) is 5.58 Å². The molecule has 0 N–H and O–H groups in total. The van der Waals surface area contributed by atoms with Gasteiger partial charge in [0.05, 0.1) is 16.2 Å². The number of carbonyl (C=O) groups excluding carboxylic acids is 1. The summed E-state index contributed by atoms with van der Waals surface area (Å²) in [5.41, 5.74) is 1.07. The van der Waals surface area contributed by atoms with Crippen molar-refractivity contribution < 1.29 is 9.21 Å². The Morgan fingerprint density at radius 1 is 1.00 bits per heavy atom. The lowest BCUT2D eigenvalue weighted by atomic mass is 10.1. The molecule has 1 saturated heterocycles. The van der Waals surface area contributed by atoms with Gasteiger partial charge in [-0.2, -0.15) is 0 Å². The highest BCUT2D eigenvalue weighted by molar-refractivity contribution is 8.27. The Morgan fingerprint density at radius 3 is 2.52 bits per heavy atom. The van der Waals surface area contributed by atoms with Crippen molar-refractivity contribution in [3.8, 4) is 0 Å². The maximum absolute atomic E-state index is 12.7. The molecule has 6 heteroatoms. The summed E-state index contributed by atoms with van der Waals surface area (Å²) in [7, 11) is 0. The quantitative estimate of drug-likeness (QED) is 0.387. The van der Waals surface area contributed by atoms with Gasteiger partial charge in [0.25, 0.3) is 5.91 Å². The van der Waals surface area contributed by atoms with Gasteiger partial charge in [-0.15, -0.1) is 0 Å². The molecule has 4 nitrogen and oxygen atoms in total. The lowest BCUT2D eigenvalue weighted by Gasteiger charge is -2.13. The molecule has 2 aromatic carbocycles. The molecule has 1 aliphatic heterocycles. The topological polar surface area (TPSA) is 50.5 Å². The van der Waals surface area contributed by atoms with Crippen LogP contribution in [0.4, 0.5) is 5.69 Å². The van der Waals surface area contributed by atoms with Crippen LogP contribution in [-0.2, 0) is 4.79 Å². The van der Waals surface area contributed by atoms with Crippen LogP contribution < -0.4 is 10.5 Å². The predicted octanol–water partition coefficient (Wildman–Crippen LogP) is 4.20. The fraction of sp³-hybridized carbons (Fsp3) is 0. The van der Waals surface area contributed by atoms with E-state index in [1.54, 1.807) is 24.3 Å². The molecule has 0 radical (unpaired) electrons. The van der Waals surface area contributed by atoms with Crippen molar-refractivity contribution in [1.82, 2.24) is 0 Å². The van der Waals surface area contributed by atoms with E-state index in [9.17, 15) is 9.59 Å². The van der Waals surface area contributed by atoms with E-state index in [1.165, 1.54) is 16.7 Å². The SMILES string of the molecule is O=C1/C(=C\c2cc3ccccc3oc2=O)SC(=S)N1c1ccccc1. The fourth-order valence-electron chi connectivity index (χ4n) is 2.59. The molecule has 0 atom stereocenters. The summed E-state index contributed by atoms with van der Waals surface area (Å²) in [6.07, 6.45) is 1.54. The Kier molecular flexibility index (Phi) is 3.99. The van der Waals surface area contributed by atoms with Crippen molar-refractivity contribution >= 4 is 56.9 Å². The van der Waals surface area contributed by atoms with E-state index in [2.05, 4.69) is 0 Å². The number of thioether (sulfide) groups is 1. The van der Waals surface area contributed by atoms with Crippen LogP contribution in [0.5, 0.6) is 0 Å². The van der Waals surface area contributed by atoms with E-state index in [0.29, 0.717) is 26.1 Å². The average molecular weight is 365 g/mol. The van der Waals surface area contributed by atoms with Gasteiger partial charge < -0.3 is 4.42 Å². The largest absolute Gasteiger partial charge is 0.422 e. The zero-order valence-corrected chi connectivity index (χ0v) is 14.5. The van der Waals surface area contributed by atoms with Crippen molar-refractivity contribution in [1.29, 1.82) is 0 Å². The Bertz CT molecular complexity index is 1090. The van der Waals surface area contributed by atoms with E-state index in [0.717, 1.165) is 5.39 Å². The Balaban J connectivity index is 1.75. The lowest BCUT2D eigenvalue weighted by molar-refractivity contribution is -0.113. The van der Waals surface area contributed by atoms with Crippen LogP contribution in [0.25, 0.3) is 17.0 Å². The Hall–Kier alpha value is -2.70. The van der Waals surface area contributed by atoms with Gasteiger partial charge in [0, 0.05) is 5.39 Å². The Morgan fingerprint density at radius 2 is 1.72 bits per heavy atom. The number of nitrogens with zero attached hydrogens (tertiary/aromatic N) is 1. The van der Waals surface area contributed by atoms with Crippen LogP contribution >= 0.6 is 24.0 Å². The molecule has 0 bridgehead atoms. The van der Waals surface area contributed by atoms with E-state index in [-0.39, 0.29) is 5.91 Å². The van der Waals surface area contributed by atoms with Crippen molar-refractivity contribution in [2.75, 3.05) is 4.90 Å². The van der Waals surface area contributed by atoms with Crippen molar-refractivity contribution in [2.45, 2.75) is 0 Å². The summed E-state index contributed by atoms with van der Waals surface area (Å²) in [5.74, 6) is -0.242. The van der Waals surface area contributed by atoms with E-state index in [4.69, 9.17) is 16.6 Å². The highest BCUT2D eigenvalue weighted by Gasteiger charge is 2.33. The first-order chi connectivity index (χ1) is 12.1. The molecule has 0 unspecified atom stereocenters. The van der Waals surface area contributed by atoms with E-state index in [1.807, 2.05) is 42.5 Å². The molecular weight excluding hydrogens is 354 g/mol. The van der Waals surface area contributed by atoms with Gasteiger partial charge in [-0.1, -0.05) is 60.4 Å². The molecule has 25 heavy (non-hydrogen) atoms. The van der Waals surface area contributed by atoms with Gasteiger partial charge in [-0.05, 0) is 30.3 Å². The average Bonchev–Trinajstić information content (AvgIpc) is 2.90. The Labute approximate surface area is 152 Å². The normalized spacial score (nSPS) is 16.2. The first-order valence-corrected chi connectivity index (χ1v) is 8.72. The number of hydrogen-bond acceptors (Lipinski definition) is 5. The first kappa shape index (κ1) is 15.8. The molecule has 0 spiro atoms. The van der Waals surface area contributed by atoms with Gasteiger partial charge in [-0.3, -0.25) is 9.69 Å². The first-order valence-electron chi connectivity index (χ1n) is 7.49. The third-order valence-corrected chi connectivity index (χ3v) is 5.07. The van der Waals surface area contributed by atoms with Crippen LogP contribution in [0, 0.1) is 0 Å². The third-order valence-electron chi connectivity index (χ3n) is 3.76. The molecule has 4 rings (SSSR count). The highest BCUT2D eigenvalue weighted by atomic mass is 32.2. The number of anilines is 1. The smallest absolute Gasteiger partial charge is 0.343 e. The predicted molar refractivity (Wildman–Crippen MR) is 105 cm³/mol. The van der Waals surface area contributed by atoms with Gasteiger partial charge in [0.15, 0.2) is 4.32 Å². The van der Waals surface area contributed by atoms with E-state index >= 15 is 0 Å². The van der Waals surface area contributed by atoms with Crippen LogP contribution in [0.2, 0.25) is 0 Å². The van der Waals surface area contributed by atoms with Gasteiger partial charge in [-0.25, -0.2) is 4.79 Å². The molecule has 2 heterocycles. The molecule has 1 aliphatic rings. The van der Waals surface area contributed by atoms with Gasteiger partial charge in [0.2, 0.25) is 0 Å². The zero-order valence-electron chi connectivity index (χ0n) is 12.8. The molecule has 1 fully saturated rings. The lowest BCUT2D eigenvalue weighted by Crippen LogP contribution is -2.27. The minimum Gasteiger partial charge on any atom is -0.422 e. The van der Waals surface area contributed by atoms with Crippen LogP contribution in [-0.4, -0.2) is 10.2 Å². The van der Waals surface area contributed by atoms with Crippen LogP contribution in [0.3, 0.4) is 0 Å². The number of hydrogen-bond donors (Lipinski definition) is 0. The number of carbonyl (C=O) groups is 1. The van der Waals surface area contributed by atoms with Crippen molar-refractivity contribution in [3.05, 3.63) is 81.6 Å². The third kappa shape index (κ3) is 2.90. The maximum atomic E-state index is 12.7. The fourth-order valence-corrected chi connectivity index (χ4v) is 3.88. The van der Waals surface area contributed by atoms with Crippen LogP contribution in [0.15, 0.2) is 74.8 Å². The second kappa shape index (κ2) is 6.31. The summed E-state index contributed by atoms with van der Waals surface area (Å²) in [6.45, 7) is 0. The summed E-state index contributed by atoms with van der Waals surface area (Å²) in [5, 5.41) is 0.798. The second-order valence-electron chi connectivity index (χ2n) is 5.38. The number of benzene rings is 2. The van der Waals surface area contributed by atoms with Crippen molar-refractivity contribution in [3.63, 3.8) is 0 Å². The van der Waals surface area contributed by atoms with Crippen LogP contribution in [0.1, 0.15) is 5.56 Å². The molecule has 3 aromatic rings. The number of amides is 1. The molecular formula is C19H11NO3S2. The van der Waals surface area contributed by atoms with Crippen molar-refractivity contribution in [2.24, 2.45) is 0 Å². The monoisotopic (exact) mass is 365 g/mol. The molecule has 0 saturated carbocycles. The summed E-state index contributed by atoms with van der Waals surface area (Å²) >= 11 is 6.50. The molecule has 1 amide bonds. The number of thiocarbonyl (C=S) groups is 1. The highest BCUT2D eigenvalue weighted by Crippen LogP contribution is 2.35. The molecule has 122 valence electrons. The van der Waals surface area contributed by atoms with E-state index < -0.39 is 5.63 Å². The zero-order chi connectivity index (χ0) is 17.4.